The first kappa shape index (κ1) is 23.7. The summed E-state index contributed by atoms with van der Waals surface area (Å²) in [4.78, 5) is 29.1. The van der Waals surface area contributed by atoms with E-state index in [2.05, 4.69) is 21.2 Å². The quantitative estimate of drug-likeness (QED) is 0.311. The van der Waals surface area contributed by atoms with Crippen LogP contribution >= 0.6 is 51.2 Å². The van der Waals surface area contributed by atoms with Crippen LogP contribution in [0, 0.1) is 0 Å². The van der Waals surface area contributed by atoms with E-state index in [4.69, 9.17) is 17.0 Å². The molecule has 3 aromatic rings. The number of aromatic nitrogens is 1. The van der Waals surface area contributed by atoms with Gasteiger partial charge in [0.05, 0.1) is 24.1 Å². The normalized spacial score (nSPS) is 19.6. The fourth-order valence-corrected chi connectivity index (χ4v) is 6.41. The summed E-state index contributed by atoms with van der Waals surface area (Å²) in [6, 6.07) is 9.91. The number of carbonyl (C=O) groups excluding carboxylic acids is 2. The van der Waals surface area contributed by atoms with Crippen molar-refractivity contribution in [1.29, 1.82) is 0 Å². The highest BCUT2D eigenvalue weighted by atomic mass is 79.9. The highest BCUT2D eigenvalue weighted by Crippen LogP contribution is 2.35. The van der Waals surface area contributed by atoms with Gasteiger partial charge in [-0.2, -0.15) is 0 Å². The molecule has 0 aliphatic carbocycles. The maximum atomic E-state index is 13.1. The number of benzene rings is 1. The van der Waals surface area contributed by atoms with Crippen LogP contribution in [-0.2, 0) is 27.4 Å². The molecular formula is C24H22BrN3O3S3. The molecule has 2 saturated heterocycles. The SMILES string of the molecule is O=C(Cn1cc(/C=C2\SC(=S)N(C[C@H]3CCCO3)C2=O)c2cc(Br)ccc21)NCc1cccs1. The average Bonchev–Trinajstić information content (AvgIpc) is 3.60. The summed E-state index contributed by atoms with van der Waals surface area (Å²) in [5, 5.41) is 5.93. The second-order valence-corrected chi connectivity index (χ2v) is 11.8. The molecule has 0 radical (unpaired) electrons. The van der Waals surface area contributed by atoms with Gasteiger partial charge < -0.3 is 14.6 Å². The van der Waals surface area contributed by atoms with Crippen LogP contribution in [0.5, 0.6) is 0 Å². The number of nitrogens with one attached hydrogen (secondary N) is 1. The summed E-state index contributed by atoms with van der Waals surface area (Å²) in [6.07, 6.45) is 5.82. The number of ether oxygens (including phenoxy) is 1. The summed E-state index contributed by atoms with van der Waals surface area (Å²) >= 11 is 12.0. The van der Waals surface area contributed by atoms with Gasteiger partial charge in [0.1, 0.15) is 10.9 Å². The molecule has 10 heteroatoms. The molecule has 2 aromatic heterocycles. The van der Waals surface area contributed by atoms with Crippen molar-refractivity contribution in [2.24, 2.45) is 0 Å². The molecule has 1 atom stereocenters. The van der Waals surface area contributed by atoms with Crippen LogP contribution in [-0.4, -0.2) is 44.9 Å². The van der Waals surface area contributed by atoms with Crippen molar-refractivity contribution in [1.82, 2.24) is 14.8 Å². The zero-order valence-corrected chi connectivity index (χ0v) is 22.2. The second kappa shape index (κ2) is 10.3. The molecule has 2 aliphatic rings. The van der Waals surface area contributed by atoms with E-state index in [0.29, 0.717) is 22.3 Å². The molecule has 0 saturated carbocycles. The van der Waals surface area contributed by atoms with Crippen LogP contribution in [0.1, 0.15) is 23.3 Å². The van der Waals surface area contributed by atoms with Crippen molar-refractivity contribution in [2.75, 3.05) is 13.2 Å². The number of rotatable bonds is 7. The number of carbonyl (C=O) groups is 2. The van der Waals surface area contributed by atoms with E-state index in [9.17, 15) is 9.59 Å². The van der Waals surface area contributed by atoms with Gasteiger partial charge in [0, 0.05) is 38.6 Å². The Labute approximate surface area is 219 Å². The number of amides is 2. The standard InChI is InChI=1S/C24H22BrN3O3S3/c25-16-5-6-20-19(10-16)15(12-27(20)14-22(29)26-11-18-4-2-8-33-18)9-21-23(30)28(24(32)34-21)13-17-3-1-7-31-17/h2,4-6,8-10,12,17H,1,3,7,11,13-14H2,(H,26,29)/b21-9-/t17-/m1/s1. The van der Waals surface area contributed by atoms with Gasteiger partial charge in [0.2, 0.25) is 5.91 Å². The maximum Gasteiger partial charge on any atom is 0.266 e. The third-order valence-corrected chi connectivity index (χ3v) is 8.55. The van der Waals surface area contributed by atoms with Crippen LogP contribution in [0.4, 0.5) is 0 Å². The molecule has 0 unspecified atom stereocenters. The minimum absolute atomic E-state index is 0.0485. The molecule has 0 bridgehead atoms. The number of nitrogens with zero attached hydrogens (tertiary/aromatic N) is 2. The molecule has 1 aromatic carbocycles. The highest BCUT2D eigenvalue weighted by molar-refractivity contribution is 9.10. The fraction of sp³-hybridized carbons (Fsp3) is 0.292. The summed E-state index contributed by atoms with van der Waals surface area (Å²) in [5.41, 5.74) is 1.80. The maximum absolute atomic E-state index is 13.1. The molecule has 4 heterocycles. The molecule has 6 nitrogen and oxygen atoms in total. The van der Waals surface area contributed by atoms with E-state index in [-0.39, 0.29) is 24.5 Å². The summed E-state index contributed by atoms with van der Waals surface area (Å²) in [5.74, 6) is -0.155. The molecule has 0 spiro atoms. The molecule has 34 heavy (non-hydrogen) atoms. The number of thiophene rings is 1. The zero-order chi connectivity index (χ0) is 23.7. The van der Waals surface area contributed by atoms with Crippen molar-refractivity contribution >= 4 is 84.4 Å². The number of hydrogen-bond acceptors (Lipinski definition) is 6. The summed E-state index contributed by atoms with van der Waals surface area (Å²) in [7, 11) is 0. The van der Waals surface area contributed by atoms with Gasteiger partial charge in [-0.15, -0.1) is 11.3 Å². The number of halogens is 1. The Balaban J connectivity index is 1.38. The Morgan fingerprint density at radius 1 is 1.35 bits per heavy atom. The van der Waals surface area contributed by atoms with Crippen molar-refractivity contribution in [2.45, 2.75) is 32.0 Å². The molecular weight excluding hydrogens is 554 g/mol. The Morgan fingerprint density at radius 3 is 3.00 bits per heavy atom. The van der Waals surface area contributed by atoms with E-state index in [1.807, 2.05) is 52.6 Å². The lowest BCUT2D eigenvalue weighted by molar-refractivity contribution is -0.123. The molecule has 2 aliphatic heterocycles. The van der Waals surface area contributed by atoms with Crippen molar-refractivity contribution < 1.29 is 14.3 Å². The van der Waals surface area contributed by atoms with Gasteiger partial charge in [-0.25, -0.2) is 0 Å². The Hall–Kier alpha value is -1.98. The van der Waals surface area contributed by atoms with Crippen LogP contribution < -0.4 is 5.32 Å². The van der Waals surface area contributed by atoms with Gasteiger partial charge in [0.25, 0.3) is 5.91 Å². The minimum atomic E-state index is -0.0879. The second-order valence-electron chi connectivity index (χ2n) is 8.16. The minimum Gasteiger partial charge on any atom is -0.376 e. The lowest BCUT2D eigenvalue weighted by Gasteiger charge is -2.18. The third kappa shape index (κ3) is 5.16. The predicted molar refractivity (Wildman–Crippen MR) is 145 cm³/mol. The third-order valence-electron chi connectivity index (χ3n) is 5.80. The van der Waals surface area contributed by atoms with E-state index >= 15 is 0 Å². The summed E-state index contributed by atoms with van der Waals surface area (Å²) in [6.45, 7) is 1.95. The molecule has 176 valence electrons. The van der Waals surface area contributed by atoms with E-state index in [0.717, 1.165) is 45.3 Å². The van der Waals surface area contributed by atoms with E-state index < -0.39 is 0 Å². The Kier molecular flexibility index (Phi) is 7.22. The smallest absolute Gasteiger partial charge is 0.266 e. The van der Waals surface area contributed by atoms with E-state index in [1.54, 1.807) is 16.2 Å². The van der Waals surface area contributed by atoms with Crippen molar-refractivity contribution in [3.8, 4) is 0 Å². The van der Waals surface area contributed by atoms with Crippen LogP contribution in [0.25, 0.3) is 17.0 Å². The Bertz CT molecular complexity index is 1280. The topological polar surface area (TPSA) is 63.6 Å². The zero-order valence-electron chi connectivity index (χ0n) is 18.2. The average molecular weight is 577 g/mol. The van der Waals surface area contributed by atoms with Crippen LogP contribution in [0.3, 0.4) is 0 Å². The highest BCUT2D eigenvalue weighted by Gasteiger charge is 2.34. The molecule has 2 amide bonds. The van der Waals surface area contributed by atoms with Gasteiger partial charge in [-0.05, 0) is 48.6 Å². The fourth-order valence-electron chi connectivity index (χ4n) is 4.14. The van der Waals surface area contributed by atoms with E-state index in [1.165, 1.54) is 11.8 Å². The van der Waals surface area contributed by atoms with Gasteiger partial charge in [0.15, 0.2) is 0 Å². The van der Waals surface area contributed by atoms with Crippen molar-refractivity contribution in [3.63, 3.8) is 0 Å². The molecule has 2 fully saturated rings. The number of thiocarbonyl (C=S) groups is 1. The van der Waals surface area contributed by atoms with Gasteiger partial charge in [-0.1, -0.05) is 46.0 Å². The van der Waals surface area contributed by atoms with Gasteiger partial charge >= 0.3 is 0 Å². The van der Waals surface area contributed by atoms with Crippen molar-refractivity contribution in [3.05, 3.63) is 61.7 Å². The lowest BCUT2D eigenvalue weighted by atomic mass is 10.1. The van der Waals surface area contributed by atoms with Gasteiger partial charge in [-0.3, -0.25) is 14.5 Å². The van der Waals surface area contributed by atoms with Crippen LogP contribution in [0.2, 0.25) is 0 Å². The first-order chi connectivity index (χ1) is 16.5. The lowest BCUT2D eigenvalue weighted by Crippen LogP contribution is -2.35. The largest absolute Gasteiger partial charge is 0.376 e. The van der Waals surface area contributed by atoms with Crippen LogP contribution in [0.15, 0.2) is 51.3 Å². The monoisotopic (exact) mass is 575 g/mol. The number of thioether (sulfide) groups is 1. The summed E-state index contributed by atoms with van der Waals surface area (Å²) < 4.78 is 9.10. The Morgan fingerprint density at radius 2 is 2.24 bits per heavy atom. The first-order valence-corrected chi connectivity index (χ1v) is 13.8. The molecule has 5 rings (SSSR count). The molecule has 1 N–H and O–H groups in total. The number of hydrogen-bond donors (Lipinski definition) is 1. The number of fused-ring (bicyclic) bond motifs is 1. The first-order valence-electron chi connectivity index (χ1n) is 10.9. The predicted octanol–water partition coefficient (Wildman–Crippen LogP) is 5.16.